The fraction of sp³-hybridized carbons (Fsp3) is 0.385. The molecule has 0 spiro atoms. The van der Waals surface area contributed by atoms with Crippen molar-refractivity contribution >= 4 is 11.6 Å². The van der Waals surface area contributed by atoms with E-state index in [1.807, 2.05) is 32.9 Å². The first-order valence-electron chi connectivity index (χ1n) is 5.73. The summed E-state index contributed by atoms with van der Waals surface area (Å²) < 4.78 is 0. The Labute approximate surface area is 101 Å². The molecule has 0 radical (unpaired) electrons. The van der Waals surface area contributed by atoms with E-state index >= 15 is 0 Å². The summed E-state index contributed by atoms with van der Waals surface area (Å²) in [6, 6.07) is 3.79. The molecule has 0 aliphatic carbocycles. The summed E-state index contributed by atoms with van der Waals surface area (Å²) in [5.41, 5.74) is 4.58. The van der Waals surface area contributed by atoms with E-state index in [0.29, 0.717) is 0 Å². The van der Waals surface area contributed by atoms with E-state index < -0.39 is 0 Å². The van der Waals surface area contributed by atoms with Crippen molar-refractivity contribution in [2.24, 2.45) is 0 Å². The number of hydrogen-bond acceptors (Lipinski definition) is 3. The summed E-state index contributed by atoms with van der Waals surface area (Å²) in [7, 11) is 0. The van der Waals surface area contributed by atoms with Crippen molar-refractivity contribution in [3.05, 3.63) is 34.7 Å². The minimum absolute atomic E-state index is 0.0322. The molecule has 0 aromatic carbocycles. The molecule has 17 heavy (non-hydrogen) atoms. The number of nitrogens with one attached hydrogen (secondary N) is 2. The molecule has 0 atom stereocenters. The van der Waals surface area contributed by atoms with E-state index in [9.17, 15) is 4.79 Å². The SMILES string of the molecule is CC(C(=O)Nc1ccc(C)nc1C)=C1CNC1. The standard InChI is InChI=1S/C13H17N3O/c1-8-4-5-12(10(3)15-8)16-13(17)9(2)11-6-14-7-11/h4-5,14H,6-7H2,1-3H3,(H,16,17). The number of anilines is 1. The van der Waals surface area contributed by atoms with Gasteiger partial charge in [0.1, 0.15) is 0 Å². The number of pyridine rings is 1. The Balaban J connectivity index is 2.13. The molecular weight excluding hydrogens is 214 g/mol. The highest BCUT2D eigenvalue weighted by Crippen LogP contribution is 2.15. The maximum atomic E-state index is 12.0. The van der Waals surface area contributed by atoms with Crippen molar-refractivity contribution < 1.29 is 4.79 Å². The third-order valence-electron chi connectivity index (χ3n) is 3.02. The molecule has 1 aromatic rings. The van der Waals surface area contributed by atoms with Crippen molar-refractivity contribution in [1.29, 1.82) is 0 Å². The van der Waals surface area contributed by atoms with E-state index in [1.165, 1.54) is 5.57 Å². The largest absolute Gasteiger partial charge is 0.321 e. The number of aryl methyl sites for hydroxylation is 2. The lowest BCUT2D eigenvalue weighted by Gasteiger charge is -2.21. The van der Waals surface area contributed by atoms with Crippen molar-refractivity contribution in [2.75, 3.05) is 18.4 Å². The number of rotatable bonds is 2. The lowest BCUT2D eigenvalue weighted by Crippen LogP contribution is -2.36. The van der Waals surface area contributed by atoms with Gasteiger partial charge in [-0.15, -0.1) is 0 Å². The topological polar surface area (TPSA) is 54.0 Å². The monoisotopic (exact) mass is 231 g/mol. The van der Waals surface area contributed by atoms with Crippen LogP contribution in [0.2, 0.25) is 0 Å². The average molecular weight is 231 g/mol. The van der Waals surface area contributed by atoms with Crippen molar-refractivity contribution in [3.63, 3.8) is 0 Å². The third kappa shape index (κ3) is 2.53. The second kappa shape index (κ2) is 4.67. The van der Waals surface area contributed by atoms with Crippen LogP contribution in [0.25, 0.3) is 0 Å². The van der Waals surface area contributed by atoms with Gasteiger partial charge in [-0.1, -0.05) is 0 Å². The Morgan fingerprint density at radius 2 is 2.06 bits per heavy atom. The molecule has 1 amide bonds. The molecule has 1 fully saturated rings. The Bertz CT molecular complexity index is 485. The molecule has 2 N–H and O–H groups in total. The van der Waals surface area contributed by atoms with Crippen molar-refractivity contribution in [2.45, 2.75) is 20.8 Å². The van der Waals surface area contributed by atoms with Crippen molar-refractivity contribution in [1.82, 2.24) is 10.3 Å². The molecule has 4 nitrogen and oxygen atoms in total. The molecule has 90 valence electrons. The zero-order valence-electron chi connectivity index (χ0n) is 10.4. The number of aromatic nitrogens is 1. The van der Waals surface area contributed by atoms with Crippen LogP contribution in [0.1, 0.15) is 18.3 Å². The van der Waals surface area contributed by atoms with Crippen molar-refractivity contribution in [3.8, 4) is 0 Å². The van der Waals surface area contributed by atoms with Crippen LogP contribution in [-0.2, 0) is 4.79 Å². The maximum absolute atomic E-state index is 12.0. The molecule has 4 heteroatoms. The van der Waals surface area contributed by atoms with Gasteiger partial charge in [0.2, 0.25) is 0 Å². The van der Waals surface area contributed by atoms with E-state index in [1.54, 1.807) is 0 Å². The lowest BCUT2D eigenvalue weighted by molar-refractivity contribution is -0.112. The summed E-state index contributed by atoms with van der Waals surface area (Å²) in [6.07, 6.45) is 0. The van der Waals surface area contributed by atoms with Gasteiger partial charge < -0.3 is 10.6 Å². The van der Waals surface area contributed by atoms with Gasteiger partial charge in [0, 0.05) is 24.4 Å². The van der Waals surface area contributed by atoms with Gasteiger partial charge in [0.05, 0.1) is 11.4 Å². The van der Waals surface area contributed by atoms with Gasteiger partial charge in [0.15, 0.2) is 0 Å². The van der Waals surface area contributed by atoms with Crippen LogP contribution in [0, 0.1) is 13.8 Å². The second-order valence-electron chi connectivity index (χ2n) is 4.37. The second-order valence-corrected chi connectivity index (χ2v) is 4.37. The molecule has 0 bridgehead atoms. The minimum atomic E-state index is -0.0322. The molecular formula is C13H17N3O. The summed E-state index contributed by atoms with van der Waals surface area (Å²) >= 11 is 0. The predicted octanol–water partition coefficient (Wildman–Crippen LogP) is 1.56. The number of carbonyl (C=O) groups is 1. The molecule has 2 heterocycles. The zero-order valence-corrected chi connectivity index (χ0v) is 10.4. The van der Waals surface area contributed by atoms with E-state index in [0.717, 1.165) is 35.7 Å². The van der Waals surface area contributed by atoms with Gasteiger partial charge >= 0.3 is 0 Å². The van der Waals surface area contributed by atoms with Crippen LogP contribution in [0.15, 0.2) is 23.3 Å². The van der Waals surface area contributed by atoms with E-state index in [4.69, 9.17) is 0 Å². The molecule has 0 unspecified atom stereocenters. The summed E-state index contributed by atoms with van der Waals surface area (Å²) in [5.74, 6) is -0.0322. The fourth-order valence-corrected chi connectivity index (χ4v) is 1.71. The molecule has 1 aliphatic heterocycles. The number of amides is 1. The quantitative estimate of drug-likeness (QED) is 0.759. The van der Waals surface area contributed by atoms with Crippen LogP contribution >= 0.6 is 0 Å². The van der Waals surface area contributed by atoms with Crippen LogP contribution in [-0.4, -0.2) is 24.0 Å². The third-order valence-corrected chi connectivity index (χ3v) is 3.02. The first-order valence-corrected chi connectivity index (χ1v) is 5.73. The minimum Gasteiger partial charge on any atom is -0.321 e. The molecule has 1 saturated heterocycles. The molecule has 1 aliphatic rings. The number of hydrogen-bond donors (Lipinski definition) is 2. The molecule has 0 saturated carbocycles. The number of nitrogens with zero attached hydrogens (tertiary/aromatic N) is 1. The Morgan fingerprint density at radius 3 is 2.59 bits per heavy atom. The highest BCUT2D eigenvalue weighted by molar-refractivity contribution is 6.04. The Kier molecular flexibility index (Phi) is 3.24. The van der Waals surface area contributed by atoms with Gasteiger partial charge in [-0.25, -0.2) is 0 Å². The number of carbonyl (C=O) groups excluding carboxylic acids is 1. The Hall–Kier alpha value is -1.68. The fourth-order valence-electron chi connectivity index (χ4n) is 1.71. The Morgan fingerprint density at radius 1 is 1.35 bits per heavy atom. The summed E-state index contributed by atoms with van der Waals surface area (Å²) in [4.78, 5) is 16.3. The lowest BCUT2D eigenvalue weighted by atomic mass is 10.0. The normalized spacial score (nSPS) is 14.2. The smallest absolute Gasteiger partial charge is 0.251 e. The average Bonchev–Trinajstić information content (AvgIpc) is 2.19. The summed E-state index contributed by atoms with van der Waals surface area (Å²) in [5, 5.41) is 6.03. The first kappa shape index (κ1) is 11.8. The summed E-state index contributed by atoms with van der Waals surface area (Å²) in [6.45, 7) is 7.35. The van der Waals surface area contributed by atoms with Crippen LogP contribution < -0.4 is 10.6 Å². The van der Waals surface area contributed by atoms with E-state index in [-0.39, 0.29) is 5.91 Å². The van der Waals surface area contributed by atoms with E-state index in [2.05, 4.69) is 15.6 Å². The van der Waals surface area contributed by atoms with Gasteiger partial charge in [0.25, 0.3) is 5.91 Å². The predicted molar refractivity (Wildman–Crippen MR) is 67.9 cm³/mol. The van der Waals surface area contributed by atoms with Crippen LogP contribution in [0.4, 0.5) is 5.69 Å². The van der Waals surface area contributed by atoms with Crippen LogP contribution in [0.5, 0.6) is 0 Å². The van der Waals surface area contributed by atoms with Gasteiger partial charge in [-0.2, -0.15) is 0 Å². The highest BCUT2D eigenvalue weighted by Gasteiger charge is 2.16. The van der Waals surface area contributed by atoms with Crippen LogP contribution in [0.3, 0.4) is 0 Å². The van der Waals surface area contributed by atoms with Gasteiger partial charge in [-0.3, -0.25) is 9.78 Å². The molecule has 2 rings (SSSR count). The maximum Gasteiger partial charge on any atom is 0.251 e. The first-order chi connectivity index (χ1) is 8.08. The van der Waals surface area contributed by atoms with Gasteiger partial charge in [-0.05, 0) is 38.5 Å². The molecule has 1 aromatic heterocycles. The zero-order chi connectivity index (χ0) is 12.4. The highest BCUT2D eigenvalue weighted by atomic mass is 16.1.